The summed E-state index contributed by atoms with van der Waals surface area (Å²) in [5.41, 5.74) is 0. The van der Waals surface area contributed by atoms with E-state index in [2.05, 4.69) is 15.2 Å². The number of nitriles is 2. The van der Waals surface area contributed by atoms with E-state index in [1.54, 1.807) is 12.1 Å². The minimum absolute atomic E-state index is 0.250. The molecular formula is C5H5N5. The predicted octanol–water partition coefficient (Wildman–Crippen LogP) is 0.206. The zero-order valence-corrected chi connectivity index (χ0v) is 5.37. The SMILES string of the molecule is CC#N.N#Cc1ncn[nH]1. The first kappa shape index (κ1) is 8.12. The third kappa shape index (κ3) is 3.16. The number of aromatic nitrogens is 3. The van der Waals surface area contributed by atoms with Crippen molar-refractivity contribution in [1.29, 1.82) is 10.5 Å². The third-order valence-corrected chi connectivity index (χ3v) is 0.521. The number of H-pyrrole nitrogens is 1. The van der Waals surface area contributed by atoms with Crippen LogP contribution >= 0.6 is 0 Å². The molecule has 0 fully saturated rings. The lowest BCUT2D eigenvalue weighted by molar-refractivity contribution is 1.07. The molecule has 0 aliphatic heterocycles. The Balaban J connectivity index is 0.000000236. The van der Waals surface area contributed by atoms with Gasteiger partial charge in [0.2, 0.25) is 5.82 Å². The first-order chi connectivity index (χ1) is 4.85. The smallest absolute Gasteiger partial charge is 0.228 e. The van der Waals surface area contributed by atoms with E-state index in [-0.39, 0.29) is 5.82 Å². The van der Waals surface area contributed by atoms with Crippen molar-refractivity contribution in [3.8, 4) is 12.1 Å². The molecule has 0 atom stereocenters. The van der Waals surface area contributed by atoms with Crippen LogP contribution in [0.4, 0.5) is 0 Å². The predicted molar refractivity (Wildman–Crippen MR) is 32.4 cm³/mol. The van der Waals surface area contributed by atoms with Crippen LogP contribution in [0.5, 0.6) is 0 Å². The summed E-state index contributed by atoms with van der Waals surface area (Å²) in [5, 5.41) is 21.2. The van der Waals surface area contributed by atoms with Gasteiger partial charge < -0.3 is 0 Å². The van der Waals surface area contributed by atoms with Crippen molar-refractivity contribution >= 4 is 0 Å². The molecule has 0 unspecified atom stereocenters. The second kappa shape index (κ2) is 5.26. The van der Waals surface area contributed by atoms with Crippen LogP contribution in [0.1, 0.15) is 12.7 Å². The summed E-state index contributed by atoms with van der Waals surface area (Å²) in [6, 6.07) is 3.53. The number of hydrogen-bond donors (Lipinski definition) is 1. The minimum atomic E-state index is 0.250. The van der Waals surface area contributed by atoms with E-state index < -0.39 is 0 Å². The molecule has 1 N–H and O–H groups in total. The van der Waals surface area contributed by atoms with Crippen LogP contribution in [0.3, 0.4) is 0 Å². The molecule has 0 saturated carbocycles. The summed E-state index contributed by atoms with van der Waals surface area (Å²) in [6.07, 6.45) is 1.29. The van der Waals surface area contributed by atoms with Gasteiger partial charge in [-0.2, -0.15) is 15.6 Å². The van der Waals surface area contributed by atoms with Gasteiger partial charge in [0.25, 0.3) is 0 Å². The largest absolute Gasteiger partial charge is 0.251 e. The Bertz CT molecular complexity index is 236. The highest BCUT2D eigenvalue weighted by Gasteiger charge is 1.84. The Morgan fingerprint density at radius 3 is 2.40 bits per heavy atom. The van der Waals surface area contributed by atoms with Crippen molar-refractivity contribution < 1.29 is 0 Å². The van der Waals surface area contributed by atoms with Crippen LogP contribution < -0.4 is 0 Å². The summed E-state index contributed by atoms with van der Waals surface area (Å²) >= 11 is 0. The molecule has 1 heterocycles. The van der Waals surface area contributed by atoms with Crippen LogP contribution in [0, 0.1) is 22.7 Å². The van der Waals surface area contributed by atoms with Gasteiger partial charge in [0.15, 0.2) is 0 Å². The monoisotopic (exact) mass is 135 g/mol. The van der Waals surface area contributed by atoms with Crippen LogP contribution in [0.2, 0.25) is 0 Å². The van der Waals surface area contributed by atoms with Crippen molar-refractivity contribution in [2.24, 2.45) is 0 Å². The van der Waals surface area contributed by atoms with Crippen molar-refractivity contribution in [3.63, 3.8) is 0 Å². The van der Waals surface area contributed by atoms with Crippen molar-refractivity contribution in [2.75, 3.05) is 0 Å². The lowest BCUT2D eigenvalue weighted by Gasteiger charge is -1.62. The highest BCUT2D eigenvalue weighted by molar-refractivity contribution is 5.04. The van der Waals surface area contributed by atoms with Crippen molar-refractivity contribution in [3.05, 3.63) is 12.2 Å². The van der Waals surface area contributed by atoms with E-state index in [1.165, 1.54) is 13.3 Å². The average molecular weight is 135 g/mol. The molecule has 0 radical (unpaired) electrons. The molecule has 0 spiro atoms. The maximum atomic E-state index is 8.04. The lowest BCUT2D eigenvalue weighted by Crippen LogP contribution is -1.72. The molecule has 1 rings (SSSR count). The number of rotatable bonds is 0. The molecule has 0 aliphatic carbocycles. The molecule has 0 aliphatic rings. The molecule has 0 bridgehead atoms. The van der Waals surface area contributed by atoms with Crippen LogP contribution in [-0.4, -0.2) is 15.2 Å². The number of nitrogens with one attached hydrogen (secondary N) is 1. The van der Waals surface area contributed by atoms with E-state index in [0.717, 1.165) is 0 Å². The molecule has 5 heteroatoms. The molecule has 1 aromatic heterocycles. The fourth-order valence-corrected chi connectivity index (χ4v) is 0.259. The average Bonchev–Trinajstić information content (AvgIpc) is 2.39. The Labute approximate surface area is 57.9 Å². The van der Waals surface area contributed by atoms with Gasteiger partial charge in [0.05, 0.1) is 6.07 Å². The normalized spacial score (nSPS) is 6.30. The molecule has 0 saturated heterocycles. The third-order valence-electron chi connectivity index (χ3n) is 0.521. The summed E-state index contributed by atoms with van der Waals surface area (Å²) in [6.45, 7) is 1.43. The van der Waals surface area contributed by atoms with E-state index in [0.29, 0.717) is 0 Å². The quantitative estimate of drug-likeness (QED) is 0.550. The van der Waals surface area contributed by atoms with Gasteiger partial charge in [-0.3, -0.25) is 5.10 Å². The molecule has 0 aromatic carbocycles. The maximum Gasteiger partial charge on any atom is 0.228 e. The highest BCUT2D eigenvalue weighted by Crippen LogP contribution is 1.75. The van der Waals surface area contributed by atoms with E-state index in [9.17, 15) is 0 Å². The van der Waals surface area contributed by atoms with Gasteiger partial charge in [-0.15, -0.1) is 0 Å². The van der Waals surface area contributed by atoms with Gasteiger partial charge in [-0.05, 0) is 0 Å². The fraction of sp³-hybridized carbons (Fsp3) is 0.200. The Hall–Kier alpha value is -1.88. The second-order valence-electron chi connectivity index (χ2n) is 1.17. The standard InChI is InChI=1S/C3H2N4.C2H3N/c4-1-3-5-2-6-7-3;1-2-3/h2H,(H,5,6,7);1H3. The molecular weight excluding hydrogens is 130 g/mol. The number of hydrogen-bond acceptors (Lipinski definition) is 4. The van der Waals surface area contributed by atoms with Crippen molar-refractivity contribution in [1.82, 2.24) is 15.2 Å². The van der Waals surface area contributed by atoms with Crippen LogP contribution in [0.15, 0.2) is 6.33 Å². The molecule has 10 heavy (non-hydrogen) atoms. The first-order valence-electron chi connectivity index (χ1n) is 2.41. The first-order valence-corrected chi connectivity index (χ1v) is 2.41. The summed E-state index contributed by atoms with van der Waals surface area (Å²) in [7, 11) is 0. The molecule has 1 aromatic rings. The van der Waals surface area contributed by atoms with Crippen LogP contribution in [-0.2, 0) is 0 Å². The molecule has 50 valence electrons. The summed E-state index contributed by atoms with van der Waals surface area (Å²) in [5.74, 6) is 0.250. The maximum absolute atomic E-state index is 8.04. The topological polar surface area (TPSA) is 89.2 Å². The lowest BCUT2D eigenvalue weighted by atomic mass is 10.7. The highest BCUT2D eigenvalue weighted by atomic mass is 15.2. The molecule has 0 amide bonds. The Morgan fingerprint density at radius 2 is 2.20 bits per heavy atom. The van der Waals surface area contributed by atoms with Gasteiger partial charge in [-0.1, -0.05) is 0 Å². The second-order valence-corrected chi connectivity index (χ2v) is 1.17. The van der Waals surface area contributed by atoms with Crippen LogP contribution in [0.25, 0.3) is 0 Å². The minimum Gasteiger partial charge on any atom is -0.251 e. The molecule has 5 nitrogen and oxygen atoms in total. The Morgan fingerprint density at radius 1 is 1.60 bits per heavy atom. The summed E-state index contributed by atoms with van der Waals surface area (Å²) in [4.78, 5) is 3.51. The van der Waals surface area contributed by atoms with E-state index in [1.807, 2.05) is 0 Å². The van der Waals surface area contributed by atoms with Gasteiger partial charge in [-0.25, -0.2) is 4.98 Å². The van der Waals surface area contributed by atoms with Gasteiger partial charge in [0, 0.05) is 6.92 Å². The van der Waals surface area contributed by atoms with E-state index >= 15 is 0 Å². The Kier molecular flexibility index (Phi) is 4.27. The van der Waals surface area contributed by atoms with Gasteiger partial charge >= 0.3 is 0 Å². The fourth-order valence-electron chi connectivity index (χ4n) is 0.259. The zero-order valence-electron chi connectivity index (χ0n) is 5.37. The van der Waals surface area contributed by atoms with E-state index in [4.69, 9.17) is 10.5 Å². The number of aromatic amines is 1. The zero-order chi connectivity index (χ0) is 7.82. The van der Waals surface area contributed by atoms with Crippen molar-refractivity contribution in [2.45, 2.75) is 6.92 Å². The van der Waals surface area contributed by atoms with Gasteiger partial charge in [0.1, 0.15) is 12.4 Å². The number of nitrogens with zero attached hydrogens (tertiary/aromatic N) is 4. The summed E-state index contributed by atoms with van der Waals surface area (Å²) < 4.78 is 0.